The monoisotopic (exact) mass is 523 g/mol. The molecule has 2 N–H and O–H groups in total. The lowest BCUT2D eigenvalue weighted by Gasteiger charge is -2.33. The minimum Gasteiger partial charge on any atom is -0.497 e. The van der Waals surface area contributed by atoms with Crippen molar-refractivity contribution in [1.29, 1.82) is 0 Å². The van der Waals surface area contributed by atoms with Crippen LogP contribution < -0.4 is 20.3 Å². The second kappa shape index (κ2) is 12.6. The zero-order chi connectivity index (χ0) is 20.5. The molecule has 2 aromatic rings. The topological polar surface area (TPSA) is 61.8 Å². The SMILES string of the molecule is CN=C(NCCC(C)c1ccc(OC)cc1)NC1CCN(c2ccccn2)CC1.I. The molecule has 1 aliphatic heterocycles. The summed E-state index contributed by atoms with van der Waals surface area (Å²) >= 11 is 0. The minimum atomic E-state index is 0. The van der Waals surface area contributed by atoms with Crippen LogP contribution in [-0.2, 0) is 0 Å². The summed E-state index contributed by atoms with van der Waals surface area (Å²) in [5.74, 6) is 3.34. The molecule has 0 amide bonds. The Morgan fingerprint density at radius 1 is 1.20 bits per heavy atom. The Labute approximate surface area is 197 Å². The van der Waals surface area contributed by atoms with Crippen LogP contribution in [-0.4, -0.2) is 50.8 Å². The molecule has 0 radical (unpaired) electrons. The number of ether oxygens (including phenoxy) is 1. The molecule has 0 saturated carbocycles. The highest BCUT2D eigenvalue weighted by molar-refractivity contribution is 14.0. The van der Waals surface area contributed by atoms with E-state index < -0.39 is 0 Å². The first-order chi connectivity index (χ1) is 14.2. The quantitative estimate of drug-likeness (QED) is 0.326. The number of pyridine rings is 1. The van der Waals surface area contributed by atoms with Crippen LogP contribution in [0.4, 0.5) is 5.82 Å². The molecule has 0 spiro atoms. The first kappa shape index (κ1) is 24.2. The number of benzene rings is 1. The van der Waals surface area contributed by atoms with Gasteiger partial charge in [0.05, 0.1) is 7.11 Å². The fourth-order valence-corrected chi connectivity index (χ4v) is 3.69. The van der Waals surface area contributed by atoms with Crippen molar-refractivity contribution in [2.45, 2.75) is 38.1 Å². The lowest BCUT2D eigenvalue weighted by Crippen LogP contribution is -2.49. The van der Waals surface area contributed by atoms with Crippen molar-refractivity contribution in [3.8, 4) is 5.75 Å². The van der Waals surface area contributed by atoms with Gasteiger partial charge in [0.2, 0.25) is 0 Å². The fraction of sp³-hybridized carbons (Fsp3) is 0.478. The summed E-state index contributed by atoms with van der Waals surface area (Å²) in [6.45, 7) is 5.17. The molecule has 1 unspecified atom stereocenters. The maximum atomic E-state index is 5.24. The molecule has 1 fully saturated rings. The number of hydrogen-bond donors (Lipinski definition) is 2. The highest BCUT2D eigenvalue weighted by Crippen LogP contribution is 2.21. The van der Waals surface area contributed by atoms with E-state index >= 15 is 0 Å². The van der Waals surface area contributed by atoms with Crippen LogP contribution >= 0.6 is 24.0 Å². The third kappa shape index (κ3) is 7.04. The number of nitrogens with zero attached hydrogens (tertiary/aromatic N) is 3. The highest BCUT2D eigenvalue weighted by atomic mass is 127. The Morgan fingerprint density at radius 3 is 2.53 bits per heavy atom. The third-order valence-electron chi connectivity index (χ3n) is 5.59. The van der Waals surface area contributed by atoms with Gasteiger partial charge in [-0.25, -0.2) is 4.98 Å². The van der Waals surface area contributed by atoms with Crippen LogP contribution in [0.15, 0.2) is 53.7 Å². The molecule has 0 aliphatic carbocycles. The number of nitrogens with one attached hydrogen (secondary N) is 2. The molecule has 1 saturated heterocycles. The van der Waals surface area contributed by atoms with Gasteiger partial charge in [-0.05, 0) is 55.0 Å². The number of piperidine rings is 1. The van der Waals surface area contributed by atoms with Crippen molar-refractivity contribution < 1.29 is 4.74 Å². The summed E-state index contributed by atoms with van der Waals surface area (Å²) in [4.78, 5) is 11.2. The van der Waals surface area contributed by atoms with Crippen molar-refractivity contribution in [3.63, 3.8) is 0 Å². The summed E-state index contributed by atoms with van der Waals surface area (Å²) in [6.07, 6.45) is 5.07. The number of aromatic nitrogens is 1. The van der Waals surface area contributed by atoms with E-state index in [9.17, 15) is 0 Å². The van der Waals surface area contributed by atoms with E-state index in [4.69, 9.17) is 4.74 Å². The van der Waals surface area contributed by atoms with E-state index in [0.717, 1.165) is 56.4 Å². The molecule has 164 valence electrons. The third-order valence-corrected chi connectivity index (χ3v) is 5.59. The predicted molar refractivity (Wildman–Crippen MR) is 135 cm³/mol. The zero-order valence-corrected chi connectivity index (χ0v) is 20.5. The van der Waals surface area contributed by atoms with E-state index in [1.807, 2.05) is 37.5 Å². The number of halogens is 1. The van der Waals surface area contributed by atoms with Gasteiger partial charge in [-0.15, -0.1) is 24.0 Å². The number of hydrogen-bond acceptors (Lipinski definition) is 4. The molecule has 1 aromatic carbocycles. The molecule has 0 bridgehead atoms. The Morgan fingerprint density at radius 2 is 1.93 bits per heavy atom. The molecular weight excluding hydrogens is 489 g/mol. The van der Waals surface area contributed by atoms with Gasteiger partial charge in [-0.1, -0.05) is 25.1 Å². The average molecular weight is 523 g/mol. The van der Waals surface area contributed by atoms with Crippen molar-refractivity contribution in [1.82, 2.24) is 15.6 Å². The van der Waals surface area contributed by atoms with Gasteiger partial charge in [0, 0.05) is 38.9 Å². The van der Waals surface area contributed by atoms with Gasteiger partial charge in [0.15, 0.2) is 5.96 Å². The second-order valence-electron chi connectivity index (χ2n) is 7.56. The van der Waals surface area contributed by atoms with E-state index in [1.165, 1.54) is 5.56 Å². The smallest absolute Gasteiger partial charge is 0.191 e. The van der Waals surface area contributed by atoms with Gasteiger partial charge >= 0.3 is 0 Å². The first-order valence-corrected chi connectivity index (χ1v) is 10.5. The largest absolute Gasteiger partial charge is 0.497 e. The number of rotatable bonds is 7. The summed E-state index contributed by atoms with van der Waals surface area (Å²) in [7, 11) is 3.54. The zero-order valence-electron chi connectivity index (χ0n) is 18.2. The lowest BCUT2D eigenvalue weighted by molar-refractivity contribution is 0.414. The summed E-state index contributed by atoms with van der Waals surface area (Å²) < 4.78 is 5.24. The standard InChI is InChI=1S/C23H33N5O.HI/c1-18(19-7-9-21(29-3)10-8-19)11-15-26-23(24-2)27-20-12-16-28(17-13-20)22-6-4-5-14-25-22;/h4-10,14,18,20H,11-13,15-17H2,1-3H3,(H2,24,26,27);1H. The van der Waals surface area contributed by atoms with Crippen LogP contribution in [0.1, 0.15) is 37.7 Å². The predicted octanol–water partition coefficient (Wildman–Crippen LogP) is 4.04. The highest BCUT2D eigenvalue weighted by Gasteiger charge is 2.20. The molecular formula is C23H34IN5O. The number of aliphatic imine (C=N–C) groups is 1. The average Bonchev–Trinajstić information content (AvgIpc) is 2.79. The second-order valence-corrected chi connectivity index (χ2v) is 7.56. The summed E-state index contributed by atoms with van der Waals surface area (Å²) in [6, 6.07) is 14.9. The molecule has 3 rings (SSSR count). The van der Waals surface area contributed by atoms with Gasteiger partial charge in [0.1, 0.15) is 11.6 Å². The summed E-state index contributed by atoms with van der Waals surface area (Å²) in [5, 5.41) is 7.05. The fourth-order valence-electron chi connectivity index (χ4n) is 3.69. The van der Waals surface area contributed by atoms with Gasteiger partial charge in [-0.2, -0.15) is 0 Å². The molecule has 1 atom stereocenters. The molecule has 6 nitrogen and oxygen atoms in total. The van der Waals surface area contributed by atoms with E-state index in [0.29, 0.717) is 12.0 Å². The Kier molecular flexibility index (Phi) is 10.2. The Bertz CT molecular complexity index is 761. The van der Waals surface area contributed by atoms with Crippen LogP contribution in [0.25, 0.3) is 0 Å². The Hall–Kier alpha value is -2.03. The van der Waals surface area contributed by atoms with Gasteiger partial charge in [-0.3, -0.25) is 4.99 Å². The van der Waals surface area contributed by atoms with Crippen molar-refractivity contribution in [2.24, 2.45) is 4.99 Å². The van der Waals surface area contributed by atoms with E-state index in [-0.39, 0.29) is 24.0 Å². The number of guanidine groups is 1. The van der Waals surface area contributed by atoms with Crippen LogP contribution in [0.2, 0.25) is 0 Å². The van der Waals surface area contributed by atoms with Crippen LogP contribution in [0, 0.1) is 0 Å². The maximum absolute atomic E-state index is 5.24. The summed E-state index contributed by atoms with van der Waals surface area (Å²) in [5.41, 5.74) is 1.33. The van der Waals surface area contributed by atoms with E-state index in [1.54, 1.807) is 7.11 Å². The molecule has 7 heteroatoms. The van der Waals surface area contributed by atoms with Gasteiger partial charge < -0.3 is 20.3 Å². The van der Waals surface area contributed by atoms with Crippen molar-refractivity contribution in [2.75, 3.05) is 38.7 Å². The number of methoxy groups -OCH3 is 1. The molecule has 2 heterocycles. The first-order valence-electron chi connectivity index (χ1n) is 10.5. The molecule has 1 aromatic heterocycles. The van der Waals surface area contributed by atoms with Crippen LogP contribution in [0.3, 0.4) is 0 Å². The minimum absolute atomic E-state index is 0. The molecule has 30 heavy (non-hydrogen) atoms. The van der Waals surface area contributed by atoms with Crippen LogP contribution in [0.5, 0.6) is 5.75 Å². The van der Waals surface area contributed by atoms with Crippen molar-refractivity contribution >= 4 is 35.8 Å². The Balaban J connectivity index is 0.00000320. The maximum Gasteiger partial charge on any atom is 0.191 e. The van der Waals surface area contributed by atoms with Gasteiger partial charge in [0.25, 0.3) is 0 Å². The molecule has 1 aliphatic rings. The van der Waals surface area contributed by atoms with Crippen molar-refractivity contribution in [3.05, 3.63) is 54.2 Å². The van der Waals surface area contributed by atoms with E-state index in [2.05, 4.69) is 50.6 Å². The lowest BCUT2D eigenvalue weighted by atomic mass is 9.98. The number of anilines is 1. The normalized spacial score (nSPS) is 15.8.